The minimum Gasteiger partial charge on any atom is -0.411 e. The molecule has 2 aromatic carbocycles. The standard InChI is InChI=1S/C20H20N2O4S/c1-3-17(21-25)19(23)13-5-9-15(10-6-13)27-16-11-7-14(8-12-16)20(24)18(4-2)22-26/h5-12,25-26H,3-4H2,1-2H3/b21-17+,22-18+. The summed E-state index contributed by atoms with van der Waals surface area (Å²) >= 11 is 1.49. The van der Waals surface area contributed by atoms with Gasteiger partial charge in [-0.25, -0.2) is 0 Å². The Morgan fingerprint density at radius 1 is 0.741 bits per heavy atom. The first kappa shape index (κ1) is 20.4. The fourth-order valence-electron chi connectivity index (χ4n) is 2.37. The summed E-state index contributed by atoms with van der Waals surface area (Å²) in [5, 5.41) is 23.8. The minimum atomic E-state index is -0.295. The second-order valence-corrected chi connectivity index (χ2v) is 6.76. The highest BCUT2D eigenvalue weighted by Gasteiger charge is 2.14. The minimum absolute atomic E-state index is 0.119. The van der Waals surface area contributed by atoms with Crippen molar-refractivity contribution < 1.29 is 20.0 Å². The normalized spacial score (nSPS) is 12.1. The highest BCUT2D eigenvalue weighted by Crippen LogP contribution is 2.28. The predicted molar refractivity (Wildman–Crippen MR) is 105 cm³/mol. The van der Waals surface area contributed by atoms with Gasteiger partial charge in [-0.1, -0.05) is 35.9 Å². The molecule has 0 aliphatic rings. The fourth-order valence-corrected chi connectivity index (χ4v) is 3.19. The maximum atomic E-state index is 12.1. The number of rotatable bonds is 8. The van der Waals surface area contributed by atoms with Crippen LogP contribution in [0.5, 0.6) is 0 Å². The zero-order valence-corrected chi connectivity index (χ0v) is 15.9. The topological polar surface area (TPSA) is 99.3 Å². The molecule has 0 amide bonds. The van der Waals surface area contributed by atoms with Crippen molar-refractivity contribution in [3.05, 3.63) is 59.7 Å². The van der Waals surface area contributed by atoms with Gasteiger partial charge in [0.05, 0.1) is 0 Å². The summed E-state index contributed by atoms with van der Waals surface area (Å²) in [6.45, 7) is 3.50. The number of oxime groups is 2. The van der Waals surface area contributed by atoms with Crippen LogP contribution in [0, 0.1) is 0 Å². The van der Waals surface area contributed by atoms with Gasteiger partial charge in [0.1, 0.15) is 11.4 Å². The molecular formula is C20H20N2O4S. The molecule has 0 spiro atoms. The molecule has 0 saturated heterocycles. The molecule has 7 heteroatoms. The van der Waals surface area contributed by atoms with E-state index < -0.39 is 0 Å². The summed E-state index contributed by atoms with van der Waals surface area (Å²) < 4.78 is 0. The lowest BCUT2D eigenvalue weighted by Crippen LogP contribution is -2.13. The number of benzene rings is 2. The second-order valence-electron chi connectivity index (χ2n) is 5.61. The van der Waals surface area contributed by atoms with Gasteiger partial charge in [-0.05, 0) is 61.4 Å². The largest absolute Gasteiger partial charge is 0.411 e. The lowest BCUT2D eigenvalue weighted by molar-refractivity contribution is 0.105. The van der Waals surface area contributed by atoms with Crippen molar-refractivity contribution >= 4 is 34.8 Å². The van der Waals surface area contributed by atoms with Crippen LogP contribution in [-0.4, -0.2) is 33.4 Å². The van der Waals surface area contributed by atoms with Gasteiger partial charge < -0.3 is 10.4 Å². The van der Waals surface area contributed by atoms with E-state index >= 15 is 0 Å². The highest BCUT2D eigenvalue weighted by molar-refractivity contribution is 7.99. The first-order chi connectivity index (χ1) is 13.0. The zero-order chi connectivity index (χ0) is 19.8. The number of Topliss-reactive ketones (excluding diaryl/α,β-unsaturated/α-hetero) is 2. The number of carbonyl (C=O) groups is 2. The molecule has 0 radical (unpaired) electrons. The van der Waals surface area contributed by atoms with Gasteiger partial charge in [-0.3, -0.25) is 9.59 Å². The molecule has 0 heterocycles. The van der Waals surface area contributed by atoms with Crippen molar-refractivity contribution in [1.29, 1.82) is 0 Å². The molecule has 0 aromatic heterocycles. The average molecular weight is 384 g/mol. The van der Waals surface area contributed by atoms with E-state index in [0.717, 1.165) is 9.79 Å². The number of hydrogen-bond acceptors (Lipinski definition) is 7. The van der Waals surface area contributed by atoms with Crippen LogP contribution in [-0.2, 0) is 0 Å². The van der Waals surface area contributed by atoms with Crippen molar-refractivity contribution in [2.45, 2.75) is 36.5 Å². The fraction of sp³-hybridized carbons (Fsp3) is 0.200. The molecule has 2 rings (SSSR count). The highest BCUT2D eigenvalue weighted by atomic mass is 32.2. The van der Waals surface area contributed by atoms with E-state index in [1.54, 1.807) is 38.1 Å². The molecule has 0 aliphatic heterocycles. The summed E-state index contributed by atoms with van der Waals surface area (Å²) in [6.07, 6.45) is 0.718. The van der Waals surface area contributed by atoms with Gasteiger partial charge in [0.2, 0.25) is 11.6 Å². The third-order valence-electron chi connectivity index (χ3n) is 3.90. The maximum Gasteiger partial charge on any atom is 0.210 e. The predicted octanol–water partition coefficient (Wildman–Crippen LogP) is 4.68. The van der Waals surface area contributed by atoms with E-state index in [4.69, 9.17) is 10.4 Å². The Morgan fingerprint density at radius 2 is 1.07 bits per heavy atom. The maximum absolute atomic E-state index is 12.1. The molecule has 0 bridgehead atoms. The lowest BCUT2D eigenvalue weighted by Gasteiger charge is -2.06. The molecule has 27 heavy (non-hydrogen) atoms. The number of ketones is 2. The van der Waals surface area contributed by atoms with Crippen LogP contribution in [0.15, 0.2) is 68.6 Å². The monoisotopic (exact) mass is 384 g/mol. The molecule has 2 aromatic rings. The van der Waals surface area contributed by atoms with Crippen LogP contribution < -0.4 is 0 Å². The Morgan fingerprint density at radius 3 is 1.33 bits per heavy atom. The molecule has 0 aliphatic carbocycles. The molecule has 0 fully saturated rings. The smallest absolute Gasteiger partial charge is 0.210 e. The van der Waals surface area contributed by atoms with E-state index in [0.29, 0.717) is 24.0 Å². The van der Waals surface area contributed by atoms with E-state index in [9.17, 15) is 9.59 Å². The van der Waals surface area contributed by atoms with Crippen molar-refractivity contribution in [3.63, 3.8) is 0 Å². The van der Waals surface area contributed by atoms with Gasteiger partial charge >= 0.3 is 0 Å². The van der Waals surface area contributed by atoms with E-state index in [2.05, 4.69) is 10.3 Å². The average Bonchev–Trinajstić information content (AvgIpc) is 2.71. The third kappa shape index (κ3) is 5.04. The third-order valence-corrected chi connectivity index (χ3v) is 4.92. The van der Waals surface area contributed by atoms with Gasteiger partial charge in [0.25, 0.3) is 0 Å². The van der Waals surface area contributed by atoms with Crippen LogP contribution in [0.3, 0.4) is 0 Å². The van der Waals surface area contributed by atoms with Crippen molar-refractivity contribution in [1.82, 2.24) is 0 Å². The molecule has 0 atom stereocenters. The molecule has 140 valence electrons. The van der Waals surface area contributed by atoms with Crippen molar-refractivity contribution in [2.24, 2.45) is 10.3 Å². The van der Waals surface area contributed by atoms with Gasteiger partial charge in [0, 0.05) is 20.9 Å². The van der Waals surface area contributed by atoms with E-state index in [-0.39, 0.29) is 23.0 Å². The van der Waals surface area contributed by atoms with Crippen LogP contribution in [0.1, 0.15) is 47.4 Å². The molecule has 2 N–H and O–H groups in total. The van der Waals surface area contributed by atoms with E-state index in [1.807, 2.05) is 24.3 Å². The Kier molecular flexibility index (Phi) is 7.31. The van der Waals surface area contributed by atoms with Crippen molar-refractivity contribution in [2.75, 3.05) is 0 Å². The van der Waals surface area contributed by atoms with E-state index in [1.165, 1.54) is 11.8 Å². The van der Waals surface area contributed by atoms with Crippen LogP contribution >= 0.6 is 11.8 Å². The molecular weight excluding hydrogens is 364 g/mol. The Labute approximate surface area is 161 Å². The summed E-state index contributed by atoms with van der Waals surface area (Å²) in [6, 6.07) is 14.0. The SMILES string of the molecule is CC/C(=N\O)C(=O)c1ccc(Sc2ccc(C(=O)/C(CC)=N/O)cc2)cc1. The molecule has 6 nitrogen and oxygen atoms in total. The number of hydrogen-bond donors (Lipinski definition) is 2. The van der Waals surface area contributed by atoms with Gasteiger partial charge in [-0.2, -0.15) is 0 Å². The van der Waals surface area contributed by atoms with Crippen LogP contribution in [0.4, 0.5) is 0 Å². The number of carbonyl (C=O) groups excluding carboxylic acids is 2. The quantitative estimate of drug-likeness (QED) is 0.298. The van der Waals surface area contributed by atoms with Crippen LogP contribution in [0.2, 0.25) is 0 Å². The summed E-state index contributed by atoms with van der Waals surface area (Å²) in [4.78, 5) is 26.1. The Hall–Kier alpha value is -2.93. The zero-order valence-electron chi connectivity index (χ0n) is 15.0. The first-order valence-corrected chi connectivity index (χ1v) is 9.24. The Balaban J connectivity index is 2.09. The number of nitrogens with zero attached hydrogens (tertiary/aromatic N) is 2. The summed E-state index contributed by atoms with van der Waals surface area (Å²) in [5.74, 6) is -0.589. The van der Waals surface area contributed by atoms with Gasteiger partial charge in [-0.15, -0.1) is 0 Å². The first-order valence-electron chi connectivity index (χ1n) is 8.43. The molecule has 0 saturated carbocycles. The summed E-state index contributed by atoms with van der Waals surface area (Å²) in [7, 11) is 0. The van der Waals surface area contributed by atoms with Crippen molar-refractivity contribution in [3.8, 4) is 0 Å². The Bertz CT molecular complexity index is 798. The van der Waals surface area contributed by atoms with Gasteiger partial charge in [0.15, 0.2) is 0 Å². The lowest BCUT2D eigenvalue weighted by atomic mass is 10.1. The second kappa shape index (κ2) is 9.68. The van der Waals surface area contributed by atoms with Crippen LogP contribution in [0.25, 0.3) is 0 Å². The summed E-state index contributed by atoms with van der Waals surface area (Å²) in [5.41, 5.74) is 1.16. The molecule has 0 unspecified atom stereocenters.